The van der Waals surface area contributed by atoms with Crippen molar-refractivity contribution in [2.24, 2.45) is 0 Å². The van der Waals surface area contributed by atoms with Gasteiger partial charge in [0.05, 0.1) is 79.3 Å². The Morgan fingerprint density at radius 1 is 0.273 bits per heavy atom. The second kappa shape index (κ2) is 23.4. The van der Waals surface area contributed by atoms with E-state index in [0.29, 0.717) is 142 Å². The Kier molecular flexibility index (Phi) is 16.0. The number of hydrogen-bond acceptors (Lipinski definition) is 10. The molecule has 8 aromatic rings. The minimum Gasteiger partial charge on any atom is -0.491 e. The number of aromatic nitrogens is 2. The molecule has 0 spiro atoms. The largest absolute Gasteiger partial charge is 0.491 e. The van der Waals surface area contributed by atoms with E-state index < -0.39 is 0 Å². The van der Waals surface area contributed by atoms with Gasteiger partial charge in [-0.2, -0.15) is 0 Å². The smallest absolute Gasteiger partial charge is 0.123 e. The molecule has 66 heavy (non-hydrogen) atoms. The van der Waals surface area contributed by atoms with E-state index in [4.69, 9.17) is 47.4 Å². The number of fused-ring (bicyclic) bond motifs is 10. The summed E-state index contributed by atoms with van der Waals surface area (Å²) in [7, 11) is 0. The van der Waals surface area contributed by atoms with Gasteiger partial charge in [-0.15, -0.1) is 0 Å². The van der Waals surface area contributed by atoms with Crippen LogP contribution in [0.2, 0.25) is 0 Å². The lowest BCUT2D eigenvalue weighted by Crippen LogP contribution is -2.15. The van der Waals surface area contributed by atoms with Gasteiger partial charge in [0.15, 0.2) is 0 Å². The van der Waals surface area contributed by atoms with Crippen molar-refractivity contribution in [3.63, 3.8) is 0 Å². The van der Waals surface area contributed by atoms with Gasteiger partial charge in [0, 0.05) is 68.8 Å². The van der Waals surface area contributed by atoms with Crippen LogP contribution in [-0.2, 0) is 41.5 Å². The van der Waals surface area contributed by atoms with Crippen molar-refractivity contribution in [2.45, 2.75) is 13.1 Å². The third-order valence-electron chi connectivity index (χ3n) is 11.4. The van der Waals surface area contributed by atoms with Gasteiger partial charge < -0.3 is 56.5 Å². The van der Waals surface area contributed by atoms with Crippen LogP contribution in [0.5, 0.6) is 23.0 Å². The van der Waals surface area contributed by atoms with Gasteiger partial charge in [-0.3, -0.25) is 0 Å². The van der Waals surface area contributed by atoms with E-state index in [-0.39, 0.29) is 0 Å². The van der Waals surface area contributed by atoms with Gasteiger partial charge in [-0.05, 0) is 59.7 Å². The summed E-state index contributed by atoms with van der Waals surface area (Å²) in [4.78, 5) is 0. The van der Waals surface area contributed by atoms with E-state index in [0.717, 1.165) is 11.1 Å². The van der Waals surface area contributed by atoms with Crippen LogP contribution >= 0.6 is 0 Å². The van der Waals surface area contributed by atoms with Gasteiger partial charge in [0.1, 0.15) is 49.4 Å². The highest BCUT2D eigenvalue weighted by molar-refractivity contribution is 6.09. The molecular weight excluding hydrogens is 837 g/mol. The second-order valence-corrected chi connectivity index (χ2v) is 15.9. The molecule has 4 bridgehead atoms. The van der Waals surface area contributed by atoms with E-state index in [1.807, 2.05) is 12.1 Å². The van der Waals surface area contributed by atoms with Crippen LogP contribution in [0.3, 0.4) is 0 Å². The van der Waals surface area contributed by atoms with Crippen LogP contribution in [0.15, 0.2) is 133 Å². The maximum Gasteiger partial charge on any atom is 0.123 e. The number of ether oxygens (including phenoxy) is 10. The van der Waals surface area contributed by atoms with Crippen molar-refractivity contribution in [3.05, 3.63) is 145 Å². The summed E-state index contributed by atoms with van der Waals surface area (Å²) < 4.78 is 64.5. The van der Waals surface area contributed by atoms with Crippen molar-refractivity contribution in [3.8, 4) is 23.0 Å². The molecule has 0 N–H and O–H groups in total. The molecule has 0 saturated heterocycles. The van der Waals surface area contributed by atoms with Crippen LogP contribution in [0, 0.1) is 0 Å². The maximum absolute atomic E-state index is 6.21. The Hall–Kier alpha value is -6.12. The van der Waals surface area contributed by atoms with Crippen molar-refractivity contribution < 1.29 is 47.4 Å². The fraction of sp³-hybridized carbons (Fsp3) is 0.333. The molecule has 0 atom stereocenters. The molecule has 0 fully saturated rings. The summed E-state index contributed by atoms with van der Waals surface area (Å²) in [6, 6.07) is 46.2. The van der Waals surface area contributed by atoms with Gasteiger partial charge in [0.25, 0.3) is 0 Å². The van der Waals surface area contributed by atoms with Crippen molar-refractivity contribution >= 4 is 43.6 Å². The summed E-state index contributed by atoms with van der Waals surface area (Å²) in [5.74, 6) is 2.86. The highest BCUT2D eigenvalue weighted by Gasteiger charge is 2.14. The molecule has 12 nitrogen and oxygen atoms in total. The van der Waals surface area contributed by atoms with Crippen molar-refractivity contribution in [1.29, 1.82) is 0 Å². The second-order valence-electron chi connectivity index (χ2n) is 15.9. The van der Waals surface area contributed by atoms with E-state index in [1.54, 1.807) is 0 Å². The van der Waals surface area contributed by atoms with Gasteiger partial charge in [-0.1, -0.05) is 72.8 Å². The number of rotatable bonds is 4. The Morgan fingerprint density at radius 2 is 0.500 bits per heavy atom. The average Bonchev–Trinajstić information content (AvgIpc) is 3.83. The minimum atomic E-state index is 0.381. The molecule has 0 unspecified atom stereocenters. The molecule has 0 amide bonds. The van der Waals surface area contributed by atoms with Gasteiger partial charge in [-0.25, -0.2) is 0 Å². The first-order chi connectivity index (χ1) is 32.8. The number of hydrogen-bond donors (Lipinski definition) is 0. The first-order valence-corrected chi connectivity index (χ1v) is 22.9. The van der Waals surface area contributed by atoms with Crippen molar-refractivity contribution in [2.75, 3.05) is 106 Å². The highest BCUT2D eigenvalue weighted by atomic mass is 16.6. The molecule has 9 rings (SSSR count). The molecule has 0 radical (unpaired) electrons. The highest BCUT2D eigenvalue weighted by Crippen LogP contribution is 2.33. The van der Waals surface area contributed by atoms with Crippen molar-refractivity contribution in [1.82, 2.24) is 9.13 Å². The fourth-order valence-corrected chi connectivity index (χ4v) is 8.45. The molecular formula is C54H58N2O10. The van der Waals surface area contributed by atoms with E-state index in [9.17, 15) is 0 Å². The third kappa shape index (κ3) is 11.8. The Bertz CT molecular complexity index is 2420. The Morgan fingerprint density at radius 3 is 0.758 bits per heavy atom. The Labute approximate surface area is 385 Å². The summed E-state index contributed by atoms with van der Waals surface area (Å²) in [6.45, 7) is 8.07. The quantitative estimate of drug-likeness (QED) is 0.170. The van der Waals surface area contributed by atoms with Crippen LogP contribution in [0.25, 0.3) is 43.6 Å². The van der Waals surface area contributed by atoms with Crippen LogP contribution in [0.4, 0.5) is 0 Å². The zero-order chi connectivity index (χ0) is 44.6. The van der Waals surface area contributed by atoms with Gasteiger partial charge in [0.2, 0.25) is 0 Å². The number of benzene rings is 6. The lowest BCUT2D eigenvalue weighted by molar-refractivity contribution is 0.00433. The van der Waals surface area contributed by atoms with E-state index >= 15 is 0 Å². The standard InChI is InChI=1S/C54H58N2O10/c1-5-13-51-47(9-1)48-10-2-6-14-52(48)55(51)39-41-33-43-37-44(34-41)64-30-26-60-22-18-58-20-24-62-28-32-66-46-36-42(40-56-53-15-7-3-11-49(53)50-12-4-8-16-54(50)56)35-45(38-46)65-31-27-61-23-19-57-17-21-59-25-29-63-43/h1-16,33-38H,17-32,39-40H2. The molecule has 1 aliphatic rings. The summed E-state index contributed by atoms with van der Waals surface area (Å²) in [5.41, 5.74) is 6.83. The third-order valence-corrected chi connectivity index (χ3v) is 11.4. The SMILES string of the molecule is c1ccc2c(c1)c1ccccc1n2Cc1cc2cc(c1)OCCOCCOCCOCCOc1cc(Cn3c4ccccc4c4ccccc43)cc(c1)OCCOCCOCCOCCO2. The molecule has 0 saturated carbocycles. The maximum atomic E-state index is 6.21. The zero-order valence-electron chi connectivity index (χ0n) is 37.4. The zero-order valence-corrected chi connectivity index (χ0v) is 37.4. The lowest BCUT2D eigenvalue weighted by Gasteiger charge is -2.15. The molecule has 344 valence electrons. The lowest BCUT2D eigenvalue weighted by atomic mass is 10.2. The Balaban J connectivity index is 0.793. The van der Waals surface area contributed by atoms with Crippen LogP contribution < -0.4 is 18.9 Å². The molecule has 6 aromatic carbocycles. The van der Waals surface area contributed by atoms with E-state index in [2.05, 4.69) is 130 Å². The minimum absolute atomic E-state index is 0.381. The topological polar surface area (TPSA) is 102 Å². The number of nitrogens with zero attached hydrogens (tertiary/aromatic N) is 2. The molecule has 2 aromatic heterocycles. The first-order valence-electron chi connectivity index (χ1n) is 22.9. The van der Waals surface area contributed by atoms with Gasteiger partial charge >= 0.3 is 0 Å². The summed E-state index contributed by atoms with van der Waals surface area (Å²) in [5, 5.41) is 4.91. The fourth-order valence-electron chi connectivity index (χ4n) is 8.45. The molecule has 3 heterocycles. The normalized spacial score (nSPS) is 16.4. The monoisotopic (exact) mass is 894 g/mol. The van der Waals surface area contributed by atoms with E-state index in [1.165, 1.54) is 43.6 Å². The average molecular weight is 895 g/mol. The molecule has 1 aliphatic heterocycles. The predicted molar refractivity (Wildman–Crippen MR) is 257 cm³/mol. The van der Waals surface area contributed by atoms with Crippen LogP contribution in [0.1, 0.15) is 11.1 Å². The summed E-state index contributed by atoms with van der Waals surface area (Å²) >= 11 is 0. The summed E-state index contributed by atoms with van der Waals surface area (Å²) in [6.07, 6.45) is 0. The molecule has 12 heteroatoms. The number of para-hydroxylation sites is 4. The first kappa shape index (κ1) is 45.1. The molecule has 0 aliphatic carbocycles. The predicted octanol–water partition coefficient (Wildman–Crippen LogP) is 9.33. The van der Waals surface area contributed by atoms with Crippen LogP contribution in [-0.4, -0.2) is 115 Å².